The minimum atomic E-state index is -1.59. The number of carbonyl (C=O) groups excluding carboxylic acids is 4. The molecule has 0 saturated carbocycles. The molecule has 1 aromatic heterocycles. The van der Waals surface area contributed by atoms with Crippen LogP contribution in [-0.2, 0) is 28.6 Å². The average molecular weight is 510 g/mol. The zero-order chi connectivity index (χ0) is 26.5. The Morgan fingerprint density at radius 3 is 2.57 bits per heavy atom. The van der Waals surface area contributed by atoms with Crippen LogP contribution in [0, 0.1) is 0 Å². The minimum Gasteiger partial charge on any atom is -0.465 e. The van der Waals surface area contributed by atoms with Crippen LogP contribution in [0.1, 0.15) is 17.3 Å². The number of morpholine rings is 1. The number of amides is 2. The van der Waals surface area contributed by atoms with Crippen molar-refractivity contribution >= 4 is 35.1 Å². The van der Waals surface area contributed by atoms with Gasteiger partial charge in [0, 0.05) is 30.4 Å². The van der Waals surface area contributed by atoms with Crippen molar-refractivity contribution in [3.63, 3.8) is 0 Å². The predicted octanol–water partition coefficient (Wildman–Crippen LogP) is 1.12. The second-order valence-corrected chi connectivity index (χ2v) is 7.86. The molecule has 37 heavy (non-hydrogen) atoms. The van der Waals surface area contributed by atoms with Gasteiger partial charge in [0.15, 0.2) is 11.9 Å². The molecule has 2 aromatic carbocycles. The first-order valence-electron chi connectivity index (χ1n) is 11.0. The number of H-pyrrole nitrogens is 1. The first-order valence-corrected chi connectivity index (χ1v) is 11.0. The van der Waals surface area contributed by atoms with Crippen LogP contribution in [0.25, 0.3) is 11.4 Å². The van der Waals surface area contributed by atoms with Gasteiger partial charge >= 0.3 is 17.7 Å². The van der Waals surface area contributed by atoms with Gasteiger partial charge < -0.3 is 24.4 Å². The van der Waals surface area contributed by atoms with Crippen molar-refractivity contribution in [2.45, 2.75) is 19.1 Å². The summed E-state index contributed by atoms with van der Waals surface area (Å²) in [6, 6.07) is 12.4. The summed E-state index contributed by atoms with van der Waals surface area (Å²) < 4.78 is 20.0. The molecule has 0 aliphatic carbocycles. The van der Waals surface area contributed by atoms with Crippen LogP contribution in [-0.4, -0.2) is 66.4 Å². The molecule has 0 bridgehead atoms. The maximum absolute atomic E-state index is 13.3. The summed E-state index contributed by atoms with van der Waals surface area (Å²) in [4.78, 5) is 65.0. The molecule has 0 spiro atoms. The Kier molecular flexibility index (Phi) is 7.44. The van der Waals surface area contributed by atoms with Crippen molar-refractivity contribution in [3.05, 3.63) is 64.6 Å². The molecule has 13 heteroatoms. The summed E-state index contributed by atoms with van der Waals surface area (Å²) in [6.07, 6.45) is -3.03. The van der Waals surface area contributed by atoms with Gasteiger partial charge in [-0.05, 0) is 42.5 Å². The molecule has 3 aromatic rings. The Hall–Kier alpha value is -4.78. The van der Waals surface area contributed by atoms with E-state index in [2.05, 4.69) is 20.0 Å². The van der Waals surface area contributed by atoms with E-state index in [1.807, 2.05) is 0 Å². The smallest absolute Gasteiger partial charge is 0.439 e. The summed E-state index contributed by atoms with van der Waals surface area (Å²) in [5.74, 6) is -3.27. The standard InChI is InChI=1S/C24H22N4O9/c1-13(29)36-18(21(30)25-16-8-6-14(7-9-16)20-26-24(33)37-27-20)19-22(31)28(10-11-35-19)17-5-3-4-15(12-17)23(32)34-2/h3-9,12,18-19H,10-11H2,1-2H3,(H,25,30)(H,26,27,33). The van der Waals surface area contributed by atoms with E-state index >= 15 is 0 Å². The van der Waals surface area contributed by atoms with Crippen molar-refractivity contribution in [1.82, 2.24) is 10.1 Å². The van der Waals surface area contributed by atoms with E-state index in [0.717, 1.165) is 6.92 Å². The van der Waals surface area contributed by atoms with Crippen LogP contribution in [0.3, 0.4) is 0 Å². The molecule has 2 heterocycles. The molecule has 1 saturated heterocycles. The highest BCUT2D eigenvalue weighted by molar-refractivity contribution is 6.05. The lowest BCUT2D eigenvalue weighted by atomic mass is 10.1. The van der Waals surface area contributed by atoms with Gasteiger partial charge in [0.25, 0.3) is 11.8 Å². The van der Waals surface area contributed by atoms with Gasteiger partial charge in [0.2, 0.25) is 6.10 Å². The van der Waals surface area contributed by atoms with Crippen LogP contribution < -0.4 is 16.0 Å². The molecule has 1 fully saturated rings. The Balaban J connectivity index is 1.53. The summed E-state index contributed by atoms with van der Waals surface area (Å²) in [7, 11) is 1.25. The largest absolute Gasteiger partial charge is 0.465 e. The normalized spacial score (nSPS) is 16.1. The van der Waals surface area contributed by atoms with Crippen molar-refractivity contribution < 1.29 is 37.9 Å². The second kappa shape index (κ2) is 10.9. The number of esters is 2. The molecule has 4 rings (SSSR count). The van der Waals surface area contributed by atoms with Gasteiger partial charge in [-0.3, -0.25) is 23.9 Å². The van der Waals surface area contributed by atoms with Crippen molar-refractivity contribution in [2.24, 2.45) is 0 Å². The average Bonchev–Trinajstić information content (AvgIpc) is 3.33. The number of rotatable bonds is 7. The highest BCUT2D eigenvalue weighted by atomic mass is 16.6. The zero-order valence-electron chi connectivity index (χ0n) is 19.8. The third-order valence-corrected chi connectivity index (χ3v) is 5.39. The number of nitrogens with zero attached hydrogens (tertiary/aromatic N) is 2. The quantitative estimate of drug-likeness (QED) is 0.439. The molecule has 2 N–H and O–H groups in total. The molecule has 13 nitrogen and oxygen atoms in total. The van der Waals surface area contributed by atoms with E-state index in [4.69, 9.17) is 14.2 Å². The maximum Gasteiger partial charge on any atom is 0.439 e. The fraction of sp³-hybridized carbons (Fsp3) is 0.250. The number of hydrogen-bond donors (Lipinski definition) is 2. The number of anilines is 2. The fourth-order valence-corrected chi connectivity index (χ4v) is 3.71. The predicted molar refractivity (Wildman–Crippen MR) is 127 cm³/mol. The van der Waals surface area contributed by atoms with Crippen molar-refractivity contribution in [2.75, 3.05) is 30.5 Å². The molecule has 0 radical (unpaired) electrons. The number of carbonyl (C=O) groups is 4. The third-order valence-electron chi connectivity index (χ3n) is 5.39. The Bertz CT molecular complexity index is 1380. The van der Waals surface area contributed by atoms with Crippen molar-refractivity contribution in [3.8, 4) is 11.4 Å². The Morgan fingerprint density at radius 1 is 1.16 bits per heavy atom. The van der Waals surface area contributed by atoms with Crippen LogP contribution in [0.2, 0.25) is 0 Å². The summed E-state index contributed by atoms with van der Waals surface area (Å²) in [5.41, 5.74) is 1.48. The number of hydrogen-bond acceptors (Lipinski definition) is 10. The number of nitrogens with one attached hydrogen (secondary N) is 2. The first kappa shape index (κ1) is 25.3. The zero-order valence-corrected chi connectivity index (χ0v) is 19.8. The minimum absolute atomic E-state index is 0.0501. The summed E-state index contributed by atoms with van der Waals surface area (Å²) in [5, 5.41) is 6.18. The number of benzene rings is 2. The summed E-state index contributed by atoms with van der Waals surface area (Å²) >= 11 is 0. The fourth-order valence-electron chi connectivity index (χ4n) is 3.71. The molecule has 2 unspecified atom stereocenters. The Morgan fingerprint density at radius 2 is 1.92 bits per heavy atom. The van der Waals surface area contributed by atoms with Crippen LogP contribution in [0.4, 0.5) is 11.4 Å². The molecule has 2 amide bonds. The first-order chi connectivity index (χ1) is 17.8. The molecule has 192 valence electrons. The Labute approximate surface area is 209 Å². The topological polar surface area (TPSA) is 170 Å². The van der Waals surface area contributed by atoms with Gasteiger partial charge in [-0.1, -0.05) is 11.2 Å². The van der Waals surface area contributed by atoms with Crippen LogP contribution in [0.15, 0.2) is 57.8 Å². The number of ether oxygens (including phenoxy) is 3. The van der Waals surface area contributed by atoms with Crippen molar-refractivity contribution in [1.29, 1.82) is 0 Å². The van der Waals surface area contributed by atoms with E-state index in [0.29, 0.717) is 16.9 Å². The van der Waals surface area contributed by atoms with Crippen LogP contribution >= 0.6 is 0 Å². The molecule has 1 aliphatic heterocycles. The van der Waals surface area contributed by atoms with E-state index in [1.54, 1.807) is 30.3 Å². The van der Waals surface area contributed by atoms with E-state index in [9.17, 15) is 24.0 Å². The van der Waals surface area contributed by atoms with E-state index in [1.165, 1.54) is 30.2 Å². The second-order valence-electron chi connectivity index (χ2n) is 7.86. The molecular weight excluding hydrogens is 488 g/mol. The lowest BCUT2D eigenvalue weighted by molar-refractivity contribution is -0.167. The number of methoxy groups -OCH3 is 1. The van der Waals surface area contributed by atoms with Gasteiger partial charge in [-0.15, -0.1) is 0 Å². The SMILES string of the molecule is COC(=O)c1cccc(N2CCOC(C(OC(C)=O)C(=O)Nc3ccc(-c4noc(=O)[nH]4)cc3)C2=O)c1. The van der Waals surface area contributed by atoms with Gasteiger partial charge in [0.1, 0.15) is 0 Å². The lowest BCUT2D eigenvalue weighted by Gasteiger charge is -2.35. The third kappa shape index (κ3) is 5.73. The van der Waals surface area contributed by atoms with E-state index in [-0.39, 0.29) is 24.5 Å². The number of aromatic amines is 1. The molecule has 2 atom stereocenters. The van der Waals surface area contributed by atoms with Gasteiger partial charge in [-0.25, -0.2) is 9.59 Å². The maximum atomic E-state index is 13.3. The van der Waals surface area contributed by atoms with E-state index < -0.39 is 41.7 Å². The highest BCUT2D eigenvalue weighted by Gasteiger charge is 2.42. The number of aromatic nitrogens is 2. The monoisotopic (exact) mass is 510 g/mol. The lowest BCUT2D eigenvalue weighted by Crippen LogP contribution is -2.56. The molecule has 1 aliphatic rings. The molecular formula is C24H22N4O9. The van der Waals surface area contributed by atoms with Crippen LogP contribution in [0.5, 0.6) is 0 Å². The highest BCUT2D eigenvalue weighted by Crippen LogP contribution is 2.24. The van der Waals surface area contributed by atoms with Gasteiger partial charge in [-0.2, -0.15) is 0 Å². The van der Waals surface area contributed by atoms with Gasteiger partial charge in [0.05, 0.1) is 19.3 Å². The summed E-state index contributed by atoms with van der Waals surface area (Å²) in [6.45, 7) is 1.31.